The van der Waals surface area contributed by atoms with Gasteiger partial charge in [-0.25, -0.2) is 0 Å². The number of hydrogen-bond acceptors (Lipinski definition) is 6. The van der Waals surface area contributed by atoms with Crippen molar-refractivity contribution in [1.29, 1.82) is 0 Å². The van der Waals surface area contributed by atoms with Crippen LogP contribution in [-0.2, 0) is 28.4 Å². The third-order valence-corrected chi connectivity index (χ3v) is 3.86. The van der Waals surface area contributed by atoms with E-state index >= 15 is 0 Å². The van der Waals surface area contributed by atoms with Crippen molar-refractivity contribution in [2.75, 3.05) is 33.0 Å². The second-order valence-corrected chi connectivity index (χ2v) is 6.20. The van der Waals surface area contributed by atoms with Crippen LogP contribution in [0.25, 0.3) is 0 Å². The molecule has 0 aromatic carbocycles. The summed E-state index contributed by atoms with van der Waals surface area (Å²) in [7, 11) is 0. The largest absolute Gasteiger partial charge is 0.369 e. The van der Waals surface area contributed by atoms with Gasteiger partial charge in [0.15, 0.2) is 5.79 Å². The van der Waals surface area contributed by atoms with Gasteiger partial charge in [0.1, 0.15) is 24.9 Å². The normalized spacial score (nSPS) is 35.0. The fraction of sp³-hybridized carbons (Fsp3) is 0.667. The van der Waals surface area contributed by atoms with E-state index in [2.05, 4.69) is 19.7 Å². The Hall–Kier alpha value is -1.02. The molecular formula is C18H28O6. The van der Waals surface area contributed by atoms with E-state index < -0.39 is 23.8 Å². The third kappa shape index (κ3) is 4.33. The fourth-order valence-corrected chi connectivity index (χ4v) is 2.91. The van der Waals surface area contributed by atoms with Crippen LogP contribution in [-0.4, -0.2) is 62.9 Å². The monoisotopic (exact) mass is 340 g/mol. The molecule has 0 amide bonds. The molecule has 2 rings (SSSR count). The second-order valence-electron chi connectivity index (χ2n) is 6.20. The number of ether oxygens (including phenoxy) is 6. The van der Waals surface area contributed by atoms with E-state index in [4.69, 9.17) is 28.4 Å². The van der Waals surface area contributed by atoms with Crippen LogP contribution >= 0.6 is 0 Å². The predicted molar refractivity (Wildman–Crippen MR) is 89.6 cm³/mol. The van der Waals surface area contributed by atoms with Gasteiger partial charge in [0.05, 0.1) is 26.4 Å². The average molecular weight is 340 g/mol. The molecule has 0 N–H and O–H groups in total. The van der Waals surface area contributed by atoms with Gasteiger partial charge in [-0.05, 0) is 13.8 Å². The maximum atomic E-state index is 6.06. The van der Waals surface area contributed by atoms with Crippen molar-refractivity contribution in [2.45, 2.75) is 43.7 Å². The van der Waals surface area contributed by atoms with E-state index in [0.717, 1.165) is 0 Å². The smallest absolute Gasteiger partial charge is 0.224 e. The molecule has 2 aliphatic rings. The van der Waals surface area contributed by atoms with E-state index in [0.29, 0.717) is 26.4 Å². The highest BCUT2D eigenvalue weighted by Crippen LogP contribution is 2.41. The molecule has 24 heavy (non-hydrogen) atoms. The van der Waals surface area contributed by atoms with Gasteiger partial charge in [0.2, 0.25) is 5.79 Å². The van der Waals surface area contributed by atoms with E-state index in [1.165, 1.54) is 0 Å². The maximum Gasteiger partial charge on any atom is 0.224 e. The first-order valence-electron chi connectivity index (χ1n) is 8.13. The minimum absolute atomic E-state index is 0.254. The zero-order chi connectivity index (χ0) is 17.6. The Kier molecular flexibility index (Phi) is 6.74. The Bertz CT molecular complexity index is 449. The molecular weight excluding hydrogens is 312 g/mol. The van der Waals surface area contributed by atoms with E-state index in [-0.39, 0.29) is 12.7 Å². The highest BCUT2D eigenvalue weighted by atomic mass is 16.8. The second kappa shape index (κ2) is 8.38. The molecule has 0 unspecified atom stereocenters. The molecule has 0 saturated carbocycles. The summed E-state index contributed by atoms with van der Waals surface area (Å²) in [6.45, 7) is 16.4. The maximum absolute atomic E-state index is 6.06. The molecule has 4 atom stereocenters. The average Bonchev–Trinajstić information content (AvgIpc) is 2.86. The number of hydrogen-bond donors (Lipinski definition) is 0. The molecule has 6 nitrogen and oxygen atoms in total. The minimum atomic E-state index is -1.04. The van der Waals surface area contributed by atoms with Crippen LogP contribution in [0.4, 0.5) is 0 Å². The minimum Gasteiger partial charge on any atom is -0.369 e. The molecule has 0 radical (unpaired) electrons. The molecule has 0 aromatic rings. The zero-order valence-corrected chi connectivity index (χ0v) is 14.6. The highest BCUT2D eigenvalue weighted by Gasteiger charge is 2.60. The quantitative estimate of drug-likeness (QED) is 0.600. The molecule has 2 aliphatic heterocycles. The standard InChI is InChI=1S/C18H28O6/c1-6-9-19-14-12-22-18(13-23-17(4,5)24-18)16(21-11-8-3)15(14)20-10-7-2/h6-8,14-16H,1-3,9-13H2,4-5H3/t14-,15-,16+,18+/m1/s1. The van der Waals surface area contributed by atoms with Crippen LogP contribution in [0, 0.1) is 0 Å². The lowest BCUT2D eigenvalue weighted by Crippen LogP contribution is -2.64. The van der Waals surface area contributed by atoms with Crippen LogP contribution in [0.5, 0.6) is 0 Å². The molecule has 0 aromatic heterocycles. The van der Waals surface area contributed by atoms with Gasteiger partial charge in [0.25, 0.3) is 0 Å². The summed E-state index contributed by atoms with van der Waals surface area (Å²) in [6.07, 6.45) is 3.82. The summed E-state index contributed by atoms with van der Waals surface area (Å²) in [6, 6.07) is 0. The van der Waals surface area contributed by atoms with Gasteiger partial charge >= 0.3 is 0 Å². The molecule has 0 bridgehead atoms. The van der Waals surface area contributed by atoms with Crippen molar-refractivity contribution >= 4 is 0 Å². The lowest BCUT2D eigenvalue weighted by molar-refractivity contribution is -0.350. The van der Waals surface area contributed by atoms with Crippen LogP contribution in [0.1, 0.15) is 13.8 Å². The fourth-order valence-electron chi connectivity index (χ4n) is 2.91. The topological polar surface area (TPSA) is 55.4 Å². The van der Waals surface area contributed by atoms with Crippen LogP contribution < -0.4 is 0 Å². The first-order valence-corrected chi connectivity index (χ1v) is 8.13. The van der Waals surface area contributed by atoms with Crippen molar-refractivity contribution < 1.29 is 28.4 Å². The summed E-state index contributed by atoms with van der Waals surface area (Å²) in [4.78, 5) is 0. The summed E-state index contributed by atoms with van der Waals surface area (Å²) in [5.41, 5.74) is 0. The van der Waals surface area contributed by atoms with Crippen molar-refractivity contribution in [3.05, 3.63) is 38.0 Å². The zero-order valence-electron chi connectivity index (χ0n) is 14.6. The van der Waals surface area contributed by atoms with Crippen molar-refractivity contribution in [3.63, 3.8) is 0 Å². The van der Waals surface area contributed by atoms with Crippen molar-refractivity contribution in [2.24, 2.45) is 0 Å². The predicted octanol–water partition coefficient (Wildman–Crippen LogP) is 2.21. The van der Waals surface area contributed by atoms with E-state index in [9.17, 15) is 0 Å². The Balaban J connectivity index is 2.24. The van der Waals surface area contributed by atoms with Gasteiger partial charge in [-0.2, -0.15) is 0 Å². The Morgan fingerprint density at radius 3 is 2.17 bits per heavy atom. The van der Waals surface area contributed by atoms with Gasteiger partial charge in [-0.1, -0.05) is 18.2 Å². The van der Waals surface area contributed by atoms with Crippen molar-refractivity contribution in [1.82, 2.24) is 0 Å². The SMILES string of the molecule is C=CCO[C@@H]1[C@H](OCC=C)CO[C@]2(COC(C)(C)O2)[C@H]1OCC=C. The molecule has 0 aliphatic carbocycles. The molecule has 6 heteroatoms. The van der Waals surface area contributed by atoms with Crippen molar-refractivity contribution in [3.8, 4) is 0 Å². The van der Waals surface area contributed by atoms with Gasteiger partial charge < -0.3 is 28.4 Å². The molecule has 2 fully saturated rings. The summed E-state index contributed by atoms with van der Waals surface area (Å²) >= 11 is 0. The highest BCUT2D eigenvalue weighted by molar-refractivity contribution is 5.00. The molecule has 1 spiro atoms. The number of rotatable bonds is 9. The van der Waals surface area contributed by atoms with Gasteiger partial charge in [-0.15, -0.1) is 19.7 Å². The molecule has 2 saturated heterocycles. The lowest BCUT2D eigenvalue weighted by Gasteiger charge is -2.46. The first kappa shape index (κ1) is 19.3. The van der Waals surface area contributed by atoms with Crippen LogP contribution in [0.2, 0.25) is 0 Å². The lowest BCUT2D eigenvalue weighted by atomic mass is 9.96. The van der Waals surface area contributed by atoms with Crippen LogP contribution in [0.3, 0.4) is 0 Å². The summed E-state index contributed by atoms with van der Waals surface area (Å²) < 4.78 is 35.5. The molecule has 136 valence electrons. The third-order valence-electron chi connectivity index (χ3n) is 3.86. The first-order chi connectivity index (χ1) is 11.5. The van der Waals surface area contributed by atoms with Gasteiger partial charge in [0, 0.05) is 0 Å². The van der Waals surface area contributed by atoms with E-state index in [1.54, 1.807) is 18.2 Å². The van der Waals surface area contributed by atoms with E-state index in [1.807, 2.05) is 13.8 Å². The summed E-state index contributed by atoms with van der Waals surface area (Å²) in [5, 5.41) is 0. The van der Waals surface area contributed by atoms with Gasteiger partial charge in [-0.3, -0.25) is 0 Å². The Labute approximate surface area is 144 Å². The summed E-state index contributed by atoms with van der Waals surface area (Å²) in [5.74, 6) is -1.79. The molecule has 2 heterocycles. The van der Waals surface area contributed by atoms with Crippen LogP contribution in [0.15, 0.2) is 38.0 Å². The Morgan fingerprint density at radius 1 is 0.958 bits per heavy atom. The Morgan fingerprint density at radius 2 is 1.58 bits per heavy atom.